The molecule has 2 heterocycles. The van der Waals surface area contributed by atoms with Crippen LogP contribution in [-0.2, 0) is 22.3 Å². The lowest BCUT2D eigenvalue weighted by molar-refractivity contribution is -0.161. The summed E-state index contributed by atoms with van der Waals surface area (Å²) in [7, 11) is 0. The van der Waals surface area contributed by atoms with Gasteiger partial charge in [0.15, 0.2) is 17.2 Å². The van der Waals surface area contributed by atoms with Crippen LogP contribution in [0.15, 0.2) is 36.5 Å². The smallest absolute Gasteiger partial charge is 0.317 e. The zero-order valence-corrected chi connectivity index (χ0v) is 16.5. The van der Waals surface area contributed by atoms with Gasteiger partial charge in [-0.05, 0) is 30.7 Å². The first-order chi connectivity index (χ1) is 14.4. The molecule has 5 nitrogen and oxygen atoms in total. The Kier molecular flexibility index (Phi) is 5.92. The van der Waals surface area contributed by atoms with Crippen molar-refractivity contribution in [2.24, 2.45) is 0 Å². The van der Waals surface area contributed by atoms with Gasteiger partial charge >= 0.3 is 6.18 Å². The van der Waals surface area contributed by atoms with Gasteiger partial charge in [0.25, 0.3) is 12.3 Å². The van der Waals surface area contributed by atoms with Crippen LogP contribution in [0.4, 0.5) is 32.2 Å². The summed E-state index contributed by atoms with van der Waals surface area (Å²) in [6.07, 6.45) is -6.98. The lowest BCUT2D eigenvalue weighted by Crippen LogP contribution is -2.70. The first kappa shape index (κ1) is 22.9. The third-order valence-corrected chi connectivity index (χ3v) is 5.13. The average molecular weight is 466 g/mol. The van der Waals surface area contributed by atoms with Crippen LogP contribution in [0.3, 0.4) is 0 Å². The van der Waals surface area contributed by atoms with E-state index in [4.69, 9.17) is 11.6 Å². The van der Waals surface area contributed by atoms with Crippen LogP contribution in [0.25, 0.3) is 0 Å². The molecule has 2 aromatic rings. The second kappa shape index (κ2) is 8.03. The van der Waals surface area contributed by atoms with E-state index in [1.54, 1.807) is 0 Å². The molecule has 0 N–H and O–H groups in total. The molecule has 0 bridgehead atoms. The largest absolute Gasteiger partial charge is 0.416 e. The highest BCUT2D eigenvalue weighted by Gasteiger charge is 2.56. The molecule has 0 unspecified atom stereocenters. The summed E-state index contributed by atoms with van der Waals surface area (Å²) in [5, 5.41) is -0.0995. The Bertz CT molecular complexity index is 1010. The number of benzene rings is 1. The topological polar surface area (TPSA) is 53.5 Å². The highest BCUT2D eigenvalue weighted by molar-refractivity contribution is 6.30. The fraction of sp³-hybridized carbons (Fsp3) is 0.316. The predicted octanol–water partition coefficient (Wildman–Crippen LogP) is 4.29. The monoisotopic (exact) mass is 465 g/mol. The molecule has 0 saturated carbocycles. The number of carbonyl (C=O) groups excluding carboxylic acids is 2. The molecule has 1 saturated heterocycles. The molecule has 1 aliphatic rings. The Morgan fingerprint density at radius 3 is 2.32 bits per heavy atom. The molecule has 0 aliphatic carbocycles. The van der Waals surface area contributed by atoms with Crippen LogP contribution in [0.2, 0.25) is 5.02 Å². The van der Waals surface area contributed by atoms with Crippen LogP contribution >= 0.6 is 11.6 Å². The SMILES string of the molecule is C[C@@]1(C(F)F)C(=O)N(c2ncc(Cl)cc2F)CC(=O)N1Cc1ccc(C(F)(F)F)cc1. The minimum absolute atomic E-state index is 0.0995. The van der Waals surface area contributed by atoms with E-state index in [1.165, 1.54) is 0 Å². The summed E-state index contributed by atoms with van der Waals surface area (Å²) in [5.41, 5.74) is -3.55. The number of amides is 2. The van der Waals surface area contributed by atoms with Crippen molar-refractivity contribution in [1.29, 1.82) is 0 Å². The third-order valence-electron chi connectivity index (χ3n) is 4.92. The van der Waals surface area contributed by atoms with E-state index in [0.29, 0.717) is 9.80 Å². The Labute approximate surface area is 177 Å². The Morgan fingerprint density at radius 2 is 1.81 bits per heavy atom. The minimum atomic E-state index is -4.59. The number of carbonyl (C=O) groups is 2. The Balaban J connectivity index is 1.95. The Morgan fingerprint density at radius 1 is 1.19 bits per heavy atom. The maximum atomic E-state index is 14.2. The van der Waals surface area contributed by atoms with Gasteiger partial charge in [0.05, 0.1) is 10.6 Å². The molecule has 1 aromatic heterocycles. The number of pyridine rings is 1. The van der Waals surface area contributed by atoms with Crippen LogP contribution < -0.4 is 4.90 Å². The number of hydrogen-bond donors (Lipinski definition) is 0. The van der Waals surface area contributed by atoms with Crippen molar-refractivity contribution in [3.05, 3.63) is 58.5 Å². The van der Waals surface area contributed by atoms with E-state index in [2.05, 4.69) is 4.98 Å². The van der Waals surface area contributed by atoms with E-state index in [1.807, 2.05) is 0 Å². The molecule has 0 spiro atoms. The molecule has 1 fully saturated rings. The van der Waals surface area contributed by atoms with Crippen molar-refractivity contribution < 1.29 is 35.9 Å². The lowest BCUT2D eigenvalue weighted by Gasteiger charge is -2.46. The van der Waals surface area contributed by atoms with E-state index in [9.17, 15) is 35.9 Å². The van der Waals surface area contributed by atoms with Crippen molar-refractivity contribution in [2.45, 2.75) is 31.6 Å². The van der Waals surface area contributed by atoms with E-state index in [0.717, 1.165) is 43.5 Å². The third kappa shape index (κ3) is 4.18. The van der Waals surface area contributed by atoms with Crippen molar-refractivity contribution in [3.8, 4) is 0 Å². The number of anilines is 1. The predicted molar refractivity (Wildman–Crippen MR) is 98.0 cm³/mol. The maximum absolute atomic E-state index is 14.2. The first-order valence-corrected chi connectivity index (χ1v) is 9.11. The van der Waals surface area contributed by atoms with Crippen LogP contribution in [0, 0.1) is 5.82 Å². The molecule has 1 atom stereocenters. The number of piperazine rings is 1. The molecule has 2 amide bonds. The minimum Gasteiger partial charge on any atom is -0.317 e. The summed E-state index contributed by atoms with van der Waals surface area (Å²) in [6.45, 7) is -0.525. The van der Waals surface area contributed by atoms with Gasteiger partial charge in [0.1, 0.15) is 6.54 Å². The summed E-state index contributed by atoms with van der Waals surface area (Å²) >= 11 is 5.61. The van der Waals surface area contributed by atoms with E-state index < -0.39 is 60.2 Å². The second-order valence-corrected chi connectivity index (χ2v) is 7.41. The van der Waals surface area contributed by atoms with Gasteiger partial charge in [-0.3, -0.25) is 14.5 Å². The van der Waals surface area contributed by atoms with Gasteiger partial charge in [-0.1, -0.05) is 23.7 Å². The van der Waals surface area contributed by atoms with Gasteiger partial charge in [-0.25, -0.2) is 18.2 Å². The fourth-order valence-corrected chi connectivity index (χ4v) is 3.31. The normalized spacial score (nSPS) is 20.0. The molecular weight excluding hydrogens is 452 g/mol. The van der Waals surface area contributed by atoms with Crippen molar-refractivity contribution in [1.82, 2.24) is 9.88 Å². The van der Waals surface area contributed by atoms with E-state index in [-0.39, 0.29) is 10.6 Å². The molecule has 31 heavy (non-hydrogen) atoms. The zero-order chi connectivity index (χ0) is 23.1. The summed E-state index contributed by atoms with van der Waals surface area (Å²) in [4.78, 5) is 30.3. The van der Waals surface area contributed by atoms with Gasteiger partial charge < -0.3 is 4.90 Å². The Hall–Kier alpha value is -2.82. The van der Waals surface area contributed by atoms with Crippen molar-refractivity contribution in [3.63, 3.8) is 0 Å². The van der Waals surface area contributed by atoms with Gasteiger partial charge in [-0.15, -0.1) is 0 Å². The van der Waals surface area contributed by atoms with Gasteiger partial charge in [0, 0.05) is 12.7 Å². The molecule has 166 valence electrons. The highest BCUT2D eigenvalue weighted by atomic mass is 35.5. The van der Waals surface area contributed by atoms with Crippen molar-refractivity contribution >= 4 is 29.2 Å². The highest BCUT2D eigenvalue weighted by Crippen LogP contribution is 2.35. The van der Waals surface area contributed by atoms with Gasteiger partial charge in [-0.2, -0.15) is 13.2 Å². The molecule has 12 heteroatoms. The molecular formula is C19H14ClF6N3O2. The number of nitrogens with zero attached hydrogens (tertiary/aromatic N) is 3. The number of halogens is 7. The number of hydrogen-bond acceptors (Lipinski definition) is 3. The molecule has 1 aromatic carbocycles. The fourth-order valence-electron chi connectivity index (χ4n) is 3.16. The van der Waals surface area contributed by atoms with E-state index >= 15 is 0 Å². The van der Waals surface area contributed by atoms with Crippen LogP contribution in [0.1, 0.15) is 18.1 Å². The molecule has 3 rings (SSSR count). The molecule has 0 radical (unpaired) electrons. The van der Waals surface area contributed by atoms with Crippen LogP contribution in [-0.4, -0.2) is 40.2 Å². The summed E-state index contributed by atoms with van der Waals surface area (Å²) in [5.74, 6) is -3.97. The first-order valence-electron chi connectivity index (χ1n) is 8.73. The number of aromatic nitrogens is 1. The summed E-state index contributed by atoms with van der Waals surface area (Å²) < 4.78 is 80.5. The average Bonchev–Trinajstić information content (AvgIpc) is 2.68. The zero-order valence-electron chi connectivity index (χ0n) is 15.8. The quantitative estimate of drug-likeness (QED) is 0.633. The van der Waals surface area contributed by atoms with Crippen molar-refractivity contribution in [2.75, 3.05) is 11.4 Å². The number of alkyl halides is 5. The maximum Gasteiger partial charge on any atom is 0.416 e. The van der Waals surface area contributed by atoms with Gasteiger partial charge in [0.2, 0.25) is 5.91 Å². The number of rotatable bonds is 4. The van der Waals surface area contributed by atoms with Crippen LogP contribution in [0.5, 0.6) is 0 Å². The standard InChI is InChI=1S/C19H14ClF6N3O2/c1-18(16(22)23)17(31)28(15-13(21)6-12(20)7-27-15)9-14(30)29(18)8-10-2-4-11(5-3-10)19(24,25)26/h2-7,16H,8-9H2,1H3/t18-/m1/s1. The second-order valence-electron chi connectivity index (χ2n) is 6.97. The summed E-state index contributed by atoms with van der Waals surface area (Å²) in [6, 6.07) is 4.35. The lowest BCUT2D eigenvalue weighted by atomic mass is 9.93. The molecule has 1 aliphatic heterocycles.